The van der Waals surface area contributed by atoms with Crippen LogP contribution >= 0.6 is 0 Å². The summed E-state index contributed by atoms with van der Waals surface area (Å²) in [6, 6.07) is 0. The molecule has 1 aliphatic rings. The molecule has 1 aliphatic heterocycles. The van der Waals surface area contributed by atoms with E-state index in [0.29, 0.717) is 19.6 Å². The van der Waals surface area contributed by atoms with Gasteiger partial charge in [-0.1, -0.05) is 0 Å². The van der Waals surface area contributed by atoms with Crippen LogP contribution < -0.4 is 5.73 Å². The maximum Gasteiger partial charge on any atom is 0.322 e. The van der Waals surface area contributed by atoms with E-state index < -0.39 is 21.7 Å². The third-order valence-electron chi connectivity index (χ3n) is 2.58. The van der Waals surface area contributed by atoms with Crippen molar-refractivity contribution in [1.82, 2.24) is 4.31 Å². The highest BCUT2D eigenvalue weighted by atomic mass is 32.2. The molecule has 1 rings (SSSR count). The van der Waals surface area contributed by atoms with Gasteiger partial charge in [-0.3, -0.25) is 4.79 Å². The summed E-state index contributed by atoms with van der Waals surface area (Å²) in [5.74, 6) is -1.06. The molecule has 2 N–H and O–H groups in total. The predicted molar refractivity (Wildman–Crippen MR) is 59.2 cm³/mol. The third kappa shape index (κ3) is 3.43. The van der Waals surface area contributed by atoms with Crippen molar-refractivity contribution in [3.8, 4) is 0 Å². The summed E-state index contributed by atoms with van der Waals surface area (Å²) in [6.45, 7) is 3.18. The lowest BCUT2D eigenvalue weighted by Crippen LogP contribution is -2.35. The summed E-state index contributed by atoms with van der Waals surface area (Å²) in [6.07, 6.45) is 0.762. The van der Waals surface area contributed by atoms with Crippen LogP contribution in [0.15, 0.2) is 0 Å². The van der Waals surface area contributed by atoms with E-state index in [1.165, 1.54) is 4.31 Å². The number of nitrogens with two attached hydrogens (primary N) is 1. The largest absolute Gasteiger partial charge is 0.465 e. The Hall–Kier alpha value is -0.660. The fourth-order valence-corrected chi connectivity index (χ4v) is 3.07. The van der Waals surface area contributed by atoms with Crippen LogP contribution in [0.25, 0.3) is 0 Å². The first-order chi connectivity index (χ1) is 7.49. The van der Waals surface area contributed by atoms with Gasteiger partial charge in [0, 0.05) is 13.1 Å². The van der Waals surface area contributed by atoms with Gasteiger partial charge >= 0.3 is 5.97 Å². The summed E-state index contributed by atoms with van der Waals surface area (Å²) < 4.78 is 29.5. The first-order valence-electron chi connectivity index (χ1n) is 5.33. The lowest BCUT2D eigenvalue weighted by molar-refractivity contribution is -0.140. The Morgan fingerprint density at radius 1 is 1.56 bits per heavy atom. The van der Waals surface area contributed by atoms with E-state index in [-0.39, 0.29) is 12.5 Å². The van der Waals surface area contributed by atoms with E-state index in [2.05, 4.69) is 4.74 Å². The number of esters is 1. The Labute approximate surface area is 95.8 Å². The normalized spacial score (nSPS) is 22.2. The standard InChI is InChI=1S/C9H18N2O4S/c1-2-15-9(12)7-16(13,14)11-4-3-8(5-10)6-11/h8H,2-7,10H2,1H3. The molecule has 0 aromatic rings. The second kappa shape index (κ2) is 5.60. The molecule has 0 aliphatic carbocycles. The minimum absolute atomic E-state index is 0.194. The molecule has 16 heavy (non-hydrogen) atoms. The van der Waals surface area contributed by atoms with Crippen LogP contribution in [-0.2, 0) is 19.6 Å². The highest BCUT2D eigenvalue weighted by molar-refractivity contribution is 7.89. The van der Waals surface area contributed by atoms with Crippen molar-refractivity contribution >= 4 is 16.0 Å². The smallest absolute Gasteiger partial charge is 0.322 e. The van der Waals surface area contributed by atoms with Crippen LogP contribution in [0.5, 0.6) is 0 Å². The molecule has 0 bridgehead atoms. The van der Waals surface area contributed by atoms with Gasteiger partial charge in [0.15, 0.2) is 5.75 Å². The van der Waals surface area contributed by atoms with Crippen molar-refractivity contribution in [2.75, 3.05) is 32.0 Å². The Morgan fingerprint density at radius 2 is 2.25 bits per heavy atom. The maximum absolute atomic E-state index is 11.8. The molecule has 1 unspecified atom stereocenters. The highest BCUT2D eigenvalue weighted by Gasteiger charge is 2.32. The zero-order chi connectivity index (χ0) is 12.2. The predicted octanol–water partition coefficient (Wildman–Crippen LogP) is -0.840. The van der Waals surface area contributed by atoms with Gasteiger partial charge in [0.1, 0.15) is 0 Å². The first kappa shape index (κ1) is 13.4. The molecular weight excluding hydrogens is 232 g/mol. The van der Waals surface area contributed by atoms with E-state index in [1.807, 2.05) is 0 Å². The van der Waals surface area contributed by atoms with E-state index in [9.17, 15) is 13.2 Å². The third-order valence-corrected chi connectivity index (χ3v) is 4.30. The second-order valence-electron chi connectivity index (χ2n) is 3.81. The number of sulfonamides is 1. The van der Waals surface area contributed by atoms with Crippen molar-refractivity contribution in [2.45, 2.75) is 13.3 Å². The molecule has 0 amide bonds. The molecule has 0 aromatic heterocycles. The monoisotopic (exact) mass is 250 g/mol. The summed E-state index contributed by atoms with van der Waals surface area (Å²) in [5.41, 5.74) is 5.48. The van der Waals surface area contributed by atoms with Crippen LogP contribution in [0.1, 0.15) is 13.3 Å². The summed E-state index contributed by atoms with van der Waals surface area (Å²) in [4.78, 5) is 11.1. The van der Waals surface area contributed by atoms with Gasteiger partial charge in [-0.2, -0.15) is 0 Å². The molecule has 6 nitrogen and oxygen atoms in total. The molecule has 7 heteroatoms. The van der Waals surface area contributed by atoms with E-state index >= 15 is 0 Å². The fraction of sp³-hybridized carbons (Fsp3) is 0.889. The molecule has 0 saturated carbocycles. The lowest BCUT2D eigenvalue weighted by Gasteiger charge is -2.15. The lowest BCUT2D eigenvalue weighted by atomic mass is 10.1. The molecular formula is C9H18N2O4S. The minimum atomic E-state index is -3.52. The van der Waals surface area contributed by atoms with Crippen molar-refractivity contribution in [3.63, 3.8) is 0 Å². The Balaban J connectivity index is 2.55. The Morgan fingerprint density at radius 3 is 2.75 bits per heavy atom. The van der Waals surface area contributed by atoms with Crippen LogP contribution in [0.2, 0.25) is 0 Å². The topological polar surface area (TPSA) is 89.7 Å². The highest BCUT2D eigenvalue weighted by Crippen LogP contribution is 2.18. The minimum Gasteiger partial charge on any atom is -0.465 e. The number of ether oxygens (including phenoxy) is 1. The number of nitrogens with zero attached hydrogens (tertiary/aromatic N) is 1. The van der Waals surface area contributed by atoms with Crippen LogP contribution in [0.3, 0.4) is 0 Å². The van der Waals surface area contributed by atoms with Crippen molar-refractivity contribution in [3.05, 3.63) is 0 Å². The number of carbonyl (C=O) groups excluding carboxylic acids is 1. The second-order valence-corrected chi connectivity index (χ2v) is 5.78. The number of carbonyl (C=O) groups is 1. The van der Waals surface area contributed by atoms with Crippen LogP contribution in [0.4, 0.5) is 0 Å². The summed E-state index contributed by atoms with van der Waals surface area (Å²) >= 11 is 0. The van der Waals surface area contributed by atoms with E-state index in [4.69, 9.17) is 5.73 Å². The molecule has 0 aromatic carbocycles. The average molecular weight is 250 g/mol. The van der Waals surface area contributed by atoms with Crippen LogP contribution in [-0.4, -0.2) is 50.7 Å². The Kier molecular flexibility index (Phi) is 4.69. The van der Waals surface area contributed by atoms with Crippen molar-refractivity contribution in [2.24, 2.45) is 11.7 Å². The quantitative estimate of drug-likeness (QED) is 0.643. The molecule has 1 saturated heterocycles. The molecule has 1 fully saturated rings. The summed E-state index contributed by atoms with van der Waals surface area (Å²) in [5, 5.41) is 0. The van der Waals surface area contributed by atoms with Gasteiger partial charge in [-0.25, -0.2) is 12.7 Å². The SMILES string of the molecule is CCOC(=O)CS(=O)(=O)N1CCC(CN)C1. The summed E-state index contributed by atoms with van der Waals surface area (Å²) in [7, 11) is -3.52. The Bertz CT molecular complexity index is 341. The number of hydrogen-bond acceptors (Lipinski definition) is 5. The maximum atomic E-state index is 11.8. The fourth-order valence-electron chi connectivity index (χ4n) is 1.69. The molecule has 0 radical (unpaired) electrons. The molecule has 1 atom stereocenters. The zero-order valence-corrected chi connectivity index (χ0v) is 10.2. The van der Waals surface area contributed by atoms with E-state index in [1.54, 1.807) is 6.92 Å². The molecule has 94 valence electrons. The van der Waals surface area contributed by atoms with Gasteiger partial charge in [-0.05, 0) is 25.8 Å². The van der Waals surface area contributed by atoms with E-state index in [0.717, 1.165) is 6.42 Å². The van der Waals surface area contributed by atoms with Crippen molar-refractivity contribution in [1.29, 1.82) is 0 Å². The van der Waals surface area contributed by atoms with Gasteiger partial charge in [0.05, 0.1) is 6.61 Å². The number of hydrogen-bond donors (Lipinski definition) is 1. The average Bonchev–Trinajstić information content (AvgIpc) is 2.65. The molecule has 0 spiro atoms. The zero-order valence-electron chi connectivity index (χ0n) is 9.39. The van der Waals surface area contributed by atoms with Gasteiger partial charge < -0.3 is 10.5 Å². The first-order valence-corrected chi connectivity index (χ1v) is 6.94. The number of rotatable bonds is 5. The van der Waals surface area contributed by atoms with Gasteiger partial charge in [0.25, 0.3) is 0 Å². The van der Waals surface area contributed by atoms with Crippen LogP contribution in [0, 0.1) is 5.92 Å². The van der Waals surface area contributed by atoms with Gasteiger partial charge in [0.2, 0.25) is 10.0 Å². The van der Waals surface area contributed by atoms with Crippen molar-refractivity contribution < 1.29 is 17.9 Å². The van der Waals surface area contributed by atoms with Gasteiger partial charge in [-0.15, -0.1) is 0 Å². The molecule has 1 heterocycles.